The summed E-state index contributed by atoms with van der Waals surface area (Å²) in [5.41, 5.74) is 1.95. The zero-order chi connectivity index (χ0) is 13.9. The molecule has 3 rings (SSSR count). The second kappa shape index (κ2) is 5.91. The molecule has 0 spiro atoms. The van der Waals surface area contributed by atoms with E-state index in [0.717, 1.165) is 42.6 Å². The van der Waals surface area contributed by atoms with Crippen LogP contribution in [0.5, 0.6) is 0 Å². The van der Waals surface area contributed by atoms with Crippen molar-refractivity contribution in [3.05, 3.63) is 41.2 Å². The fraction of sp³-hybridized carbons (Fsp3) is 0.429. The molecule has 2 heterocycles. The van der Waals surface area contributed by atoms with E-state index in [9.17, 15) is 0 Å². The van der Waals surface area contributed by atoms with Gasteiger partial charge in [-0.05, 0) is 31.2 Å². The van der Waals surface area contributed by atoms with Crippen molar-refractivity contribution >= 4 is 11.6 Å². The van der Waals surface area contributed by atoms with Crippen LogP contribution in [-0.2, 0) is 0 Å². The van der Waals surface area contributed by atoms with Gasteiger partial charge in [0.15, 0.2) is 0 Å². The van der Waals surface area contributed by atoms with Crippen LogP contribution in [-0.4, -0.2) is 46.1 Å². The molecule has 0 amide bonds. The molecule has 0 aliphatic carbocycles. The fourth-order valence-corrected chi connectivity index (χ4v) is 2.51. The van der Waals surface area contributed by atoms with Gasteiger partial charge in [0.25, 0.3) is 0 Å². The van der Waals surface area contributed by atoms with E-state index in [1.165, 1.54) is 0 Å². The molecule has 1 aromatic heterocycles. The normalized spacial score (nSPS) is 18.1. The van der Waals surface area contributed by atoms with Crippen molar-refractivity contribution in [2.24, 2.45) is 0 Å². The quantitative estimate of drug-likeness (QED) is 0.867. The van der Waals surface area contributed by atoms with Crippen molar-refractivity contribution < 1.29 is 0 Å². The minimum absolute atomic E-state index is 0.270. The van der Waals surface area contributed by atoms with Gasteiger partial charge in [0.2, 0.25) is 0 Å². The summed E-state index contributed by atoms with van der Waals surface area (Å²) in [7, 11) is 0. The van der Waals surface area contributed by atoms with E-state index < -0.39 is 0 Å². The Hall–Kier alpha value is -1.43. The molecular formula is C14H17ClN5. The van der Waals surface area contributed by atoms with Crippen molar-refractivity contribution in [1.82, 2.24) is 25.2 Å². The summed E-state index contributed by atoms with van der Waals surface area (Å²) in [5.74, 6) is 0. The number of rotatable bonds is 3. The molecule has 6 heteroatoms. The molecule has 0 bridgehead atoms. The smallest absolute Gasteiger partial charge is 0.1000 e. The van der Waals surface area contributed by atoms with Gasteiger partial charge in [-0.3, -0.25) is 4.90 Å². The van der Waals surface area contributed by atoms with E-state index in [2.05, 4.69) is 27.5 Å². The molecule has 1 saturated heterocycles. The lowest BCUT2D eigenvalue weighted by Crippen LogP contribution is -2.41. The second-order valence-electron chi connectivity index (χ2n) is 4.95. The summed E-state index contributed by atoms with van der Waals surface area (Å²) >= 11 is 5.90. The van der Waals surface area contributed by atoms with E-state index in [0.29, 0.717) is 0 Å². The van der Waals surface area contributed by atoms with Gasteiger partial charge in [-0.1, -0.05) is 16.8 Å². The van der Waals surface area contributed by atoms with Gasteiger partial charge >= 0.3 is 0 Å². The number of hydrogen-bond donors (Lipinski definition) is 0. The van der Waals surface area contributed by atoms with Crippen LogP contribution < -0.4 is 5.32 Å². The second-order valence-corrected chi connectivity index (χ2v) is 5.38. The highest BCUT2D eigenvalue weighted by Crippen LogP contribution is 2.19. The van der Waals surface area contributed by atoms with Gasteiger partial charge in [0.1, 0.15) is 0 Å². The molecule has 5 nitrogen and oxygen atoms in total. The number of halogens is 1. The van der Waals surface area contributed by atoms with Crippen molar-refractivity contribution in [1.29, 1.82) is 0 Å². The minimum atomic E-state index is 0.270. The third kappa shape index (κ3) is 2.85. The lowest BCUT2D eigenvalue weighted by atomic mass is 10.2. The standard InChI is InChI=1S/C14H17ClN5/c1-11(19-8-6-16-7-9-19)14-10-20(18-17-14)13-4-2-12(15)3-5-13/h2-5,10-11H,6-9H2,1H3. The average molecular weight is 291 g/mol. The van der Waals surface area contributed by atoms with E-state index in [4.69, 9.17) is 11.6 Å². The Morgan fingerprint density at radius 2 is 1.85 bits per heavy atom. The molecule has 1 atom stereocenters. The molecule has 2 aromatic rings. The topological polar surface area (TPSA) is 48.1 Å². The highest BCUT2D eigenvalue weighted by Gasteiger charge is 2.20. The maximum absolute atomic E-state index is 5.90. The van der Waals surface area contributed by atoms with Crippen molar-refractivity contribution in [3.63, 3.8) is 0 Å². The van der Waals surface area contributed by atoms with Gasteiger partial charge in [0, 0.05) is 31.2 Å². The van der Waals surface area contributed by atoms with Crippen LogP contribution in [0.4, 0.5) is 0 Å². The van der Waals surface area contributed by atoms with Crippen molar-refractivity contribution in [3.8, 4) is 5.69 Å². The van der Waals surface area contributed by atoms with Gasteiger partial charge < -0.3 is 0 Å². The van der Waals surface area contributed by atoms with Gasteiger partial charge in [0.05, 0.1) is 23.6 Å². The molecule has 0 saturated carbocycles. The molecule has 1 unspecified atom stereocenters. The zero-order valence-electron chi connectivity index (χ0n) is 11.4. The third-order valence-electron chi connectivity index (χ3n) is 3.67. The summed E-state index contributed by atoms with van der Waals surface area (Å²) in [4.78, 5) is 2.39. The van der Waals surface area contributed by atoms with Crippen LogP contribution in [0.2, 0.25) is 5.02 Å². The van der Waals surface area contributed by atoms with E-state index in [1.54, 1.807) is 4.68 Å². The fourth-order valence-electron chi connectivity index (χ4n) is 2.38. The molecule has 20 heavy (non-hydrogen) atoms. The van der Waals surface area contributed by atoms with E-state index in [-0.39, 0.29) is 6.04 Å². The molecule has 1 aliphatic heterocycles. The maximum atomic E-state index is 5.90. The van der Waals surface area contributed by atoms with Crippen molar-refractivity contribution in [2.75, 3.05) is 26.2 Å². The Morgan fingerprint density at radius 3 is 2.55 bits per heavy atom. The van der Waals surface area contributed by atoms with Crippen LogP contribution in [0, 0.1) is 0 Å². The minimum Gasteiger partial charge on any atom is -0.292 e. The van der Waals surface area contributed by atoms with Gasteiger partial charge in [-0.15, -0.1) is 5.10 Å². The Morgan fingerprint density at radius 1 is 1.15 bits per heavy atom. The maximum Gasteiger partial charge on any atom is 0.1000 e. The summed E-state index contributed by atoms with van der Waals surface area (Å²) in [5, 5.41) is 13.6. The molecule has 1 aromatic carbocycles. The molecular weight excluding hydrogens is 274 g/mol. The largest absolute Gasteiger partial charge is 0.292 e. The highest BCUT2D eigenvalue weighted by molar-refractivity contribution is 6.30. The summed E-state index contributed by atoms with van der Waals surface area (Å²) in [6.45, 7) is 5.98. The third-order valence-corrected chi connectivity index (χ3v) is 3.92. The van der Waals surface area contributed by atoms with Crippen LogP contribution in [0.25, 0.3) is 5.69 Å². The lowest BCUT2D eigenvalue weighted by Gasteiger charge is -2.30. The van der Waals surface area contributed by atoms with Crippen LogP contribution in [0.3, 0.4) is 0 Å². The Bertz CT molecular complexity index is 559. The van der Waals surface area contributed by atoms with Gasteiger partial charge in [-0.2, -0.15) is 0 Å². The summed E-state index contributed by atoms with van der Waals surface area (Å²) in [6.07, 6.45) is 1.99. The first-order valence-electron chi connectivity index (χ1n) is 6.79. The van der Waals surface area contributed by atoms with Gasteiger partial charge in [-0.25, -0.2) is 10.00 Å². The predicted octanol–water partition coefficient (Wildman–Crippen LogP) is 1.90. The molecule has 1 radical (unpaired) electrons. The van der Waals surface area contributed by atoms with Crippen LogP contribution in [0.1, 0.15) is 18.7 Å². The van der Waals surface area contributed by atoms with Crippen LogP contribution >= 0.6 is 11.6 Å². The number of hydrogen-bond acceptors (Lipinski definition) is 3. The number of benzene rings is 1. The Labute approximate surface area is 123 Å². The number of piperazine rings is 1. The number of aromatic nitrogens is 3. The molecule has 1 fully saturated rings. The molecule has 1 aliphatic rings. The molecule has 0 N–H and O–H groups in total. The van der Waals surface area contributed by atoms with Crippen molar-refractivity contribution in [2.45, 2.75) is 13.0 Å². The highest BCUT2D eigenvalue weighted by atomic mass is 35.5. The first kappa shape index (κ1) is 13.5. The first-order valence-corrected chi connectivity index (χ1v) is 7.17. The van der Waals surface area contributed by atoms with Crippen LogP contribution in [0.15, 0.2) is 30.5 Å². The number of nitrogens with zero attached hydrogens (tertiary/aromatic N) is 5. The predicted molar refractivity (Wildman–Crippen MR) is 78.2 cm³/mol. The SMILES string of the molecule is CC(c1cn(-c2ccc(Cl)cc2)nn1)N1CC[N]CC1. The zero-order valence-corrected chi connectivity index (χ0v) is 12.2. The molecule has 105 valence electrons. The Kier molecular flexibility index (Phi) is 4.00. The average Bonchev–Trinajstić information content (AvgIpc) is 2.98. The lowest BCUT2D eigenvalue weighted by molar-refractivity contribution is 0.180. The first-order chi connectivity index (χ1) is 9.74. The summed E-state index contributed by atoms with van der Waals surface area (Å²) in [6, 6.07) is 7.85. The summed E-state index contributed by atoms with van der Waals surface area (Å²) < 4.78 is 1.79. The van der Waals surface area contributed by atoms with E-state index >= 15 is 0 Å². The monoisotopic (exact) mass is 290 g/mol. The van der Waals surface area contributed by atoms with E-state index in [1.807, 2.05) is 30.5 Å². The Balaban J connectivity index is 1.77.